The number of hydrogen-bond acceptors (Lipinski definition) is 13. The predicted molar refractivity (Wildman–Crippen MR) is 275 cm³/mol. The predicted octanol–water partition coefficient (Wildman–Crippen LogP) is 4.07. The van der Waals surface area contributed by atoms with E-state index in [0.717, 1.165) is 23.8 Å². The topological polar surface area (TPSA) is 310 Å². The smallest absolute Gasteiger partial charge is 0.410 e. The van der Waals surface area contributed by atoms with Crippen molar-refractivity contribution in [3.8, 4) is 0 Å². The van der Waals surface area contributed by atoms with E-state index in [1.807, 2.05) is 13.8 Å². The number of aliphatic imine (C=N–C) groups is 1. The molecule has 75 heavy (non-hydrogen) atoms. The molecule has 1 aromatic heterocycles. The van der Waals surface area contributed by atoms with Crippen LogP contribution < -0.4 is 38.1 Å². The number of unbranched alkanes of at least 4 members (excludes halogenated alkanes) is 2. The largest absolute Gasteiger partial charge is 0.445 e. The van der Waals surface area contributed by atoms with Gasteiger partial charge in [-0.15, -0.1) is 0 Å². The van der Waals surface area contributed by atoms with Crippen molar-refractivity contribution in [3.63, 3.8) is 0 Å². The molecule has 23 heteroatoms. The quantitative estimate of drug-likeness (QED) is 0.0494. The minimum absolute atomic E-state index is 0.0720. The van der Waals surface area contributed by atoms with Gasteiger partial charge in [-0.3, -0.25) is 43.4 Å². The first-order valence-corrected chi connectivity index (χ1v) is 24.9. The minimum atomic E-state index is -1.05. The van der Waals surface area contributed by atoms with Crippen LogP contribution in [0.15, 0.2) is 71.4 Å². The van der Waals surface area contributed by atoms with E-state index in [4.69, 9.17) is 16.2 Å². The maximum absolute atomic E-state index is 15.6. The number of nitrogens with zero attached hydrogens (tertiary/aromatic N) is 5. The Morgan fingerprint density at radius 3 is 2.32 bits per heavy atom. The number of rotatable bonds is 24. The van der Waals surface area contributed by atoms with Gasteiger partial charge in [-0.05, 0) is 86.1 Å². The molecule has 0 spiro atoms. The first-order valence-electron chi connectivity index (χ1n) is 24.9. The first kappa shape index (κ1) is 55.8. The average molecular weight is 1040 g/mol. The summed E-state index contributed by atoms with van der Waals surface area (Å²) in [5, 5.41) is 13.0. The zero-order valence-corrected chi connectivity index (χ0v) is 42.0. The summed E-state index contributed by atoms with van der Waals surface area (Å²) in [7, 11) is 0. The number of anilines is 2. The molecule has 0 unspecified atom stereocenters. The van der Waals surface area contributed by atoms with Gasteiger partial charge in [-0.2, -0.15) is 0 Å². The van der Waals surface area contributed by atoms with E-state index in [2.05, 4.69) is 36.6 Å². The number of hydrogen-bond donors (Lipinski definition) is 7. The van der Waals surface area contributed by atoms with Gasteiger partial charge in [-0.1, -0.05) is 32.4 Å². The SMILES string of the molecule is CCCN(CCC)C(=O)C1=Cc2cc(F)c(C(=O)Nc3cnc4c(c3)CN(C(=O)OCc3ccc(NC(=O)[C@H](CCCNC(N)=O)NC(=O)CNC(=O)CCCCCN5C(=O)C=CC5=O)cc3)CC4)cc2N=C(N)C1. The number of imide groups is 1. The molecule has 0 radical (unpaired) electrons. The third kappa shape index (κ3) is 16.2. The van der Waals surface area contributed by atoms with Crippen molar-refractivity contribution in [2.75, 3.05) is 49.9 Å². The van der Waals surface area contributed by atoms with Gasteiger partial charge in [-0.25, -0.2) is 19.0 Å². The Hall–Kier alpha value is -8.50. The Morgan fingerprint density at radius 2 is 1.61 bits per heavy atom. The maximum atomic E-state index is 15.6. The molecule has 0 bridgehead atoms. The zero-order chi connectivity index (χ0) is 54.0. The van der Waals surface area contributed by atoms with Crippen molar-refractivity contribution in [1.29, 1.82) is 0 Å². The molecule has 1 atom stereocenters. The second-order valence-electron chi connectivity index (χ2n) is 18.1. The number of carbonyl (C=O) groups is 9. The van der Waals surface area contributed by atoms with E-state index in [0.29, 0.717) is 79.0 Å². The fraction of sp³-hybridized carbons (Fsp3) is 0.404. The highest BCUT2D eigenvalue weighted by molar-refractivity contribution is 6.13. The molecule has 9 N–H and O–H groups in total. The number of primary amides is 1. The molecule has 0 aliphatic carbocycles. The van der Waals surface area contributed by atoms with E-state index in [9.17, 15) is 43.2 Å². The van der Waals surface area contributed by atoms with Crippen LogP contribution in [0.4, 0.5) is 31.0 Å². The third-order valence-electron chi connectivity index (χ3n) is 12.3. The van der Waals surface area contributed by atoms with Gasteiger partial charge in [0.25, 0.3) is 17.7 Å². The van der Waals surface area contributed by atoms with E-state index in [-0.39, 0.29) is 98.3 Å². The molecule has 22 nitrogen and oxygen atoms in total. The second-order valence-corrected chi connectivity index (χ2v) is 18.1. The van der Waals surface area contributed by atoms with Crippen LogP contribution in [0, 0.1) is 5.82 Å². The van der Waals surface area contributed by atoms with Crippen LogP contribution in [0.25, 0.3) is 6.08 Å². The molecule has 3 aliphatic heterocycles. The van der Waals surface area contributed by atoms with Crippen LogP contribution >= 0.6 is 0 Å². The summed E-state index contributed by atoms with van der Waals surface area (Å²) in [6.45, 7) is 5.42. The molecule has 0 saturated heterocycles. The molecule has 398 valence electrons. The molecular formula is C52H63FN12O10. The van der Waals surface area contributed by atoms with E-state index in [1.54, 1.807) is 41.3 Å². The summed E-state index contributed by atoms with van der Waals surface area (Å²) in [6.07, 6.45) is 8.95. The summed E-state index contributed by atoms with van der Waals surface area (Å²) >= 11 is 0. The van der Waals surface area contributed by atoms with Crippen molar-refractivity contribution in [2.45, 2.75) is 97.2 Å². The maximum Gasteiger partial charge on any atom is 0.410 e. The average Bonchev–Trinajstić information content (AvgIpc) is 3.60. The van der Waals surface area contributed by atoms with Gasteiger partial charge in [0.2, 0.25) is 23.6 Å². The fourth-order valence-electron chi connectivity index (χ4n) is 8.47. The normalized spacial score (nSPS) is 14.1. The number of halogens is 1. The zero-order valence-electron chi connectivity index (χ0n) is 42.0. The van der Waals surface area contributed by atoms with Crippen molar-refractivity contribution < 1.29 is 52.3 Å². The Labute approximate surface area is 432 Å². The van der Waals surface area contributed by atoms with Crippen LogP contribution in [0.2, 0.25) is 0 Å². The highest BCUT2D eigenvalue weighted by Gasteiger charge is 2.27. The molecule has 6 rings (SSSR count). The van der Waals surface area contributed by atoms with Gasteiger partial charge in [0.05, 0.1) is 36.2 Å². The second kappa shape index (κ2) is 27.0. The number of amides is 10. The number of fused-ring (bicyclic) bond motifs is 2. The van der Waals surface area contributed by atoms with Gasteiger partial charge in [0.1, 0.15) is 24.3 Å². The van der Waals surface area contributed by atoms with Crippen LogP contribution in [0.3, 0.4) is 0 Å². The standard InChI is InChI=1S/C52H63FN12O10/c1-3-19-63(20-4-2)50(72)34-23-33-25-39(53)38(27-42(33)61-43(54)26-34)48(70)60-37-24-35-30-64(22-17-40(35)57-28-37)52(74)75-31-32-11-13-36(14-12-32)59-49(71)41(9-8-18-56-51(55)73)62-45(67)29-58-44(66)10-6-5-7-21-65-46(68)15-16-47(65)69/h11-16,23-25,27-28,41H,3-10,17-22,26,29-31H2,1-2H3,(H2,54,61)(H,58,66)(H,59,71)(H,60,70)(H,62,67)(H3,55,56,73)/t41-/m0/s1. The minimum Gasteiger partial charge on any atom is -0.445 e. The van der Waals surface area contributed by atoms with E-state index >= 15 is 4.39 Å². The van der Waals surface area contributed by atoms with Crippen molar-refractivity contribution in [3.05, 3.63) is 100 Å². The molecule has 4 heterocycles. The third-order valence-corrected chi connectivity index (χ3v) is 12.3. The molecule has 10 amide bonds. The lowest BCUT2D eigenvalue weighted by Crippen LogP contribution is -2.47. The number of carbonyl (C=O) groups excluding carboxylic acids is 9. The van der Waals surface area contributed by atoms with Crippen molar-refractivity contribution in [1.82, 2.24) is 35.6 Å². The van der Waals surface area contributed by atoms with Crippen LogP contribution in [0.1, 0.15) is 104 Å². The number of nitrogens with one attached hydrogen (secondary N) is 5. The number of aromatic nitrogens is 1. The van der Waals surface area contributed by atoms with Crippen LogP contribution in [0.5, 0.6) is 0 Å². The van der Waals surface area contributed by atoms with E-state index in [1.165, 1.54) is 29.3 Å². The highest BCUT2D eigenvalue weighted by Crippen LogP contribution is 2.31. The Balaban J connectivity index is 0.973. The highest BCUT2D eigenvalue weighted by atomic mass is 19.1. The number of urea groups is 1. The number of ether oxygens (including phenoxy) is 1. The summed E-state index contributed by atoms with van der Waals surface area (Å²) in [4.78, 5) is 127. The van der Waals surface area contributed by atoms with Crippen molar-refractivity contribution in [2.24, 2.45) is 16.5 Å². The first-order chi connectivity index (χ1) is 36.0. The Kier molecular flexibility index (Phi) is 20.1. The lowest BCUT2D eigenvalue weighted by molar-refractivity contribution is -0.137. The summed E-state index contributed by atoms with van der Waals surface area (Å²) in [6, 6.07) is 8.80. The van der Waals surface area contributed by atoms with Crippen LogP contribution in [-0.2, 0) is 53.1 Å². The van der Waals surface area contributed by atoms with Gasteiger partial charge in [0.15, 0.2) is 0 Å². The fourth-order valence-corrected chi connectivity index (χ4v) is 8.47. The van der Waals surface area contributed by atoms with Gasteiger partial charge >= 0.3 is 12.1 Å². The molecule has 2 aromatic carbocycles. The summed E-state index contributed by atoms with van der Waals surface area (Å²) in [5.74, 6) is -3.95. The molecular weight excluding hydrogens is 972 g/mol. The van der Waals surface area contributed by atoms with Crippen molar-refractivity contribution >= 4 is 82.4 Å². The van der Waals surface area contributed by atoms with Gasteiger partial charge in [0, 0.05) is 86.7 Å². The summed E-state index contributed by atoms with van der Waals surface area (Å²) < 4.78 is 21.2. The Bertz CT molecular complexity index is 2740. The monoisotopic (exact) mass is 1030 g/mol. The van der Waals surface area contributed by atoms with Crippen LogP contribution in [-0.4, -0.2) is 124 Å². The molecule has 0 saturated carbocycles. The molecule has 0 fully saturated rings. The van der Waals surface area contributed by atoms with E-state index < -0.39 is 48.2 Å². The number of nitrogens with two attached hydrogens (primary N) is 2. The molecule has 3 aliphatic rings. The lowest BCUT2D eigenvalue weighted by Gasteiger charge is -2.28. The Morgan fingerprint density at radius 1 is 0.880 bits per heavy atom. The number of pyridine rings is 1. The molecule has 3 aromatic rings. The van der Waals surface area contributed by atoms with Gasteiger partial charge < -0.3 is 52.6 Å². The lowest BCUT2D eigenvalue weighted by atomic mass is 10.0. The summed E-state index contributed by atoms with van der Waals surface area (Å²) in [5.41, 5.74) is 14.6. The number of benzene rings is 2. The number of amidine groups is 1.